The Kier molecular flexibility index (Phi) is 6.10. The lowest BCUT2D eigenvalue weighted by Gasteiger charge is -2.10. The molecule has 2 heteroatoms. The second kappa shape index (κ2) is 8.71. The molecule has 0 saturated heterocycles. The van der Waals surface area contributed by atoms with Crippen LogP contribution in [0.5, 0.6) is 0 Å². The van der Waals surface area contributed by atoms with Crippen LogP contribution in [0.25, 0.3) is 27.8 Å². The Balaban J connectivity index is 1.93. The molecule has 0 aliphatic carbocycles. The topological polar surface area (TPSA) is 0 Å². The zero-order chi connectivity index (χ0) is 21.0. The maximum Gasteiger partial charge on any atom is 0.131 e. The van der Waals surface area contributed by atoms with Gasteiger partial charge in [0, 0.05) is 11.1 Å². The van der Waals surface area contributed by atoms with Gasteiger partial charge in [-0.15, -0.1) is 6.42 Å². The molecule has 0 unspecified atom stereocenters. The average molecular weight is 384 g/mol. The molecule has 0 radical (unpaired) electrons. The minimum absolute atomic E-state index is 0.241. The molecule has 0 aliphatic rings. The third kappa shape index (κ3) is 4.70. The Hall–Kier alpha value is -3.44. The van der Waals surface area contributed by atoms with Crippen LogP contribution in [0.4, 0.5) is 8.78 Å². The maximum absolute atomic E-state index is 14.8. The summed E-state index contributed by atoms with van der Waals surface area (Å²) in [6.07, 6.45) is 8.99. The number of halogens is 2. The summed E-state index contributed by atoms with van der Waals surface area (Å²) in [4.78, 5) is 0. The highest BCUT2D eigenvalue weighted by Gasteiger charge is 2.12. The third-order valence-corrected chi connectivity index (χ3v) is 4.88. The van der Waals surface area contributed by atoms with E-state index in [1.807, 2.05) is 63.3 Å². The molecule has 144 valence electrons. The van der Waals surface area contributed by atoms with Gasteiger partial charge in [-0.1, -0.05) is 72.2 Å². The van der Waals surface area contributed by atoms with Crippen LogP contribution in [-0.2, 0) is 0 Å². The largest absolute Gasteiger partial charge is 0.206 e. The number of hydrogen-bond donors (Lipinski definition) is 0. The molecule has 0 heterocycles. The predicted molar refractivity (Wildman–Crippen MR) is 118 cm³/mol. The Morgan fingerprint density at radius 3 is 1.97 bits per heavy atom. The van der Waals surface area contributed by atoms with E-state index in [0.29, 0.717) is 0 Å². The van der Waals surface area contributed by atoms with Crippen LogP contribution >= 0.6 is 0 Å². The summed E-state index contributed by atoms with van der Waals surface area (Å²) in [7, 11) is 0. The van der Waals surface area contributed by atoms with Crippen LogP contribution in [0.15, 0.2) is 78.4 Å². The summed E-state index contributed by atoms with van der Waals surface area (Å²) in [6, 6.07) is 17.6. The van der Waals surface area contributed by atoms with Gasteiger partial charge in [0.25, 0.3) is 0 Å². The number of allylic oxidation sites excluding steroid dienone is 4. The fraction of sp³-hybridized carbons (Fsp3) is 0.111. The molecular formula is C27H22F2. The first-order valence-corrected chi connectivity index (χ1v) is 9.37. The summed E-state index contributed by atoms with van der Waals surface area (Å²) in [5.41, 5.74) is 5.70. The second-order valence-electron chi connectivity index (χ2n) is 7.10. The van der Waals surface area contributed by atoms with Gasteiger partial charge in [-0.25, -0.2) is 8.78 Å². The van der Waals surface area contributed by atoms with Crippen molar-refractivity contribution >= 4 is 5.57 Å². The highest BCUT2D eigenvalue weighted by atomic mass is 19.1. The van der Waals surface area contributed by atoms with Crippen molar-refractivity contribution in [3.63, 3.8) is 0 Å². The van der Waals surface area contributed by atoms with Crippen molar-refractivity contribution in [1.82, 2.24) is 0 Å². The predicted octanol–water partition coefficient (Wildman–Crippen LogP) is 7.59. The minimum Gasteiger partial charge on any atom is -0.206 e. The quantitative estimate of drug-likeness (QED) is 0.321. The number of benzene rings is 3. The number of terminal acetylenes is 1. The molecule has 0 amide bonds. The van der Waals surface area contributed by atoms with Gasteiger partial charge in [-0.05, 0) is 60.7 Å². The smallest absolute Gasteiger partial charge is 0.131 e. The summed E-state index contributed by atoms with van der Waals surface area (Å²) in [5.74, 6) is 1.63. The van der Waals surface area contributed by atoms with E-state index in [9.17, 15) is 8.78 Å². The van der Waals surface area contributed by atoms with Crippen LogP contribution in [0, 0.1) is 30.9 Å². The van der Waals surface area contributed by atoms with Crippen molar-refractivity contribution in [3.8, 4) is 34.6 Å². The second-order valence-corrected chi connectivity index (χ2v) is 7.10. The van der Waals surface area contributed by atoms with Crippen molar-refractivity contribution in [2.45, 2.75) is 20.8 Å². The first-order valence-electron chi connectivity index (χ1n) is 9.37. The molecule has 0 atom stereocenters. The van der Waals surface area contributed by atoms with Gasteiger partial charge in [0.1, 0.15) is 11.6 Å². The normalized spacial score (nSPS) is 12.0. The van der Waals surface area contributed by atoms with Crippen LogP contribution in [0.3, 0.4) is 0 Å². The van der Waals surface area contributed by atoms with Crippen LogP contribution in [0.2, 0.25) is 0 Å². The lowest BCUT2D eigenvalue weighted by Crippen LogP contribution is -1.92. The lowest BCUT2D eigenvalue weighted by atomic mass is 9.97. The van der Waals surface area contributed by atoms with Gasteiger partial charge in [-0.2, -0.15) is 0 Å². The van der Waals surface area contributed by atoms with Gasteiger partial charge in [0.15, 0.2) is 0 Å². The zero-order valence-electron chi connectivity index (χ0n) is 16.8. The average Bonchev–Trinajstić information content (AvgIpc) is 2.72. The van der Waals surface area contributed by atoms with E-state index in [4.69, 9.17) is 6.42 Å². The minimum atomic E-state index is -0.463. The van der Waals surface area contributed by atoms with Crippen molar-refractivity contribution < 1.29 is 8.78 Å². The summed E-state index contributed by atoms with van der Waals surface area (Å²) in [6.45, 7) is 5.71. The summed E-state index contributed by atoms with van der Waals surface area (Å²) < 4.78 is 29.6. The molecule has 29 heavy (non-hydrogen) atoms. The molecule has 0 bridgehead atoms. The first-order chi connectivity index (χ1) is 13.9. The van der Waals surface area contributed by atoms with Crippen molar-refractivity contribution in [1.29, 1.82) is 0 Å². The highest BCUT2D eigenvalue weighted by molar-refractivity contribution is 5.74. The molecule has 0 nitrogen and oxygen atoms in total. The molecule has 0 spiro atoms. The molecule has 3 rings (SSSR count). The molecule has 0 saturated carbocycles. The number of rotatable bonds is 4. The van der Waals surface area contributed by atoms with Crippen molar-refractivity contribution in [2.24, 2.45) is 0 Å². The van der Waals surface area contributed by atoms with Crippen molar-refractivity contribution in [3.05, 3.63) is 101 Å². The van der Waals surface area contributed by atoms with E-state index in [-0.39, 0.29) is 11.1 Å². The molecule has 3 aromatic rings. The molecular weight excluding hydrogens is 362 g/mol. The number of aryl methyl sites for hydroxylation is 1. The van der Waals surface area contributed by atoms with Crippen LogP contribution in [-0.4, -0.2) is 0 Å². The van der Waals surface area contributed by atoms with Gasteiger partial charge in [0.2, 0.25) is 0 Å². The summed E-state index contributed by atoms with van der Waals surface area (Å²) >= 11 is 0. The monoisotopic (exact) mass is 384 g/mol. The molecule has 3 aromatic carbocycles. The molecule has 0 aromatic heterocycles. The first kappa shape index (κ1) is 20.3. The third-order valence-electron chi connectivity index (χ3n) is 4.88. The van der Waals surface area contributed by atoms with E-state index in [1.165, 1.54) is 12.1 Å². The Labute approximate surface area is 171 Å². The van der Waals surface area contributed by atoms with Crippen LogP contribution < -0.4 is 0 Å². The highest BCUT2D eigenvalue weighted by Crippen LogP contribution is 2.31. The van der Waals surface area contributed by atoms with Gasteiger partial charge in [-0.3, -0.25) is 0 Å². The standard InChI is InChI=1S/C27H22F2/c1-5-18(2)6-9-20(4)22-12-14-24(26(28)16-22)25-15-13-23(17-27(25)29)21-10-7-19(3)8-11-21/h1,6-17H,2-4H3. The Morgan fingerprint density at radius 1 is 0.793 bits per heavy atom. The lowest BCUT2D eigenvalue weighted by molar-refractivity contribution is 0.616. The molecule has 0 fully saturated rings. The van der Waals surface area contributed by atoms with Crippen LogP contribution in [0.1, 0.15) is 25.0 Å². The fourth-order valence-electron chi connectivity index (χ4n) is 3.03. The Bertz CT molecular complexity index is 1140. The van der Waals surface area contributed by atoms with Gasteiger partial charge >= 0.3 is 0 Å². The van der Waals surface area contributed by atoms with E-state index in [1.54, 1.807) is 18.2 Å². The van der Waals surface area contributed by atoms with Gasteiger partial charge in [0.05, 0.1) is 0 Å². The SMILES string of the molecule is C#CC(C)=CC=C(C)c1ccc(-c2ccc(-c3ccc(C)cc3)cc2F)c(F)c1. The van der Waals surface area contributed by atoms with Crippen molar-refractivity contribution in [2.75, 3.05) is 0 Å². The maximum atomic E-state index is 14.8. The van der Waals surface area contributed by atoms with E-state index >= 15 is 0 Å². The van der Waals surface area contributed by atoms with E-state index in [2.05, 4.69) is 5.92 Å². The van der Waals surface area contributed by atoms with E-state index < -0.39 is 11.6 Å². The fourth-order valence-corrected chi connectivity index (χ4v) is 3.03. The molecule has 0 N–H and O–H groups in total. The Morgan fingerprint density at radius 2 is 1.38 bits per heavy atom. The van der Waals surface area contributed by atoms with Gasteiger partial charge < -0.3 is 0 Å². The number of hydrogen-bond acceptors (Lipinski definition) is 0. The molecule has 0 aliphatic heterocycles. The summed E-state index contributed by atoms with van der Waals surface area (Å²) in [5, 5.41) is 0. The van der Waals surface area contributed by atoms with E-state index in [0.717, 1.165) is 33.4 Å². The zero-order valence-corrected chi connectivity index (χ0v) is 16.8.